The first-order valence-corrected chi connectivity index (χ1v) is 4.52. The van der Waals surface area contributed by atoms with Crippen molar-refractivity contribution in [3.63, 3.8) is 0 Å². The van der Waals surface area contributed by atoms with E-state index in [1.807, 2.05) is 13.1 Å². The fourth-order valence-corrected chi connectivity index (χ4v) is 1.78. The minimum Gasteiger partial charge on any atom is -0.221 e. The van der Waals surface area contributed by atoms with Gasteiger partial charge in [0.15, 0.2) is 0 Å². The molecule has 0 bridgehead atoms. The van der Waals surface area contributed by atoms with Crippen LogP contribution in [0.15, 0.2) is 6.20 Å². The topological polar surface area (TPSA) is 30.2 Å². The van der Waals surface area contributed by atoms with Crippen molar-refractivity contribution in [2.75, 3.05) is 0 Å². The fraction of sp³-hybridized carbons (Fsp3) is 0.333. The van der Waals surface area contributed by atoms with Gasteiger partial charge in [-0.15, -0.1) is 11.6 Å². The van der Waals surface area contributed by atoms with Crippen LogP contribution in [0.1, 0.15) is 10.7 Å². The van der Waals surface area contributed by atoms with Crippen molar-refractivity contribution in [1.29, 1.82) is 0 Å². The Hall–Kier alpha value is -0.610. The smallest absolute Gasteiger partial charge is 0.212 e. The maximum atomic E-state index is 5.60. The van der Waals surface area contributed by atoms with Gasteiger partial charge in [0, 0.05) is 0 Å². The summed E-state index contributed by atoms with van der Waals surface area (Å²) in [6.07, 6.45) is 1.85. The standard InChI is InChI=1S/C6H6ClN3S/c1-4-9-10-3-5(2-7)8-6(10)11-4/h3H,2H2,1H3. The molecule has 0 aromatic carbocycles. The largest absolute Gasteiger partial charge is 0.221 e. The van der Waals surface area contributed by atoms with Gasteiger partial charge in [0.2, 0.25) is 4.96 Å². The summed E-state index contributed by atoms with van der Waals surface area (Å²) in [6, 6.07) is 0. The Morgan fingerprint density at radius 3 is 3.18 bits per heavy atom. The monoisotopic (exact) mass is 187 g/mol. The second-order valence-electron chi connectivity index (χ2n) is 2.21. The van der Waals surface area contributed by atoms with E-state index in [-0.39, 0.29) is 0 Å². The summed E-state index contributed by atoms with van der Waals surface area (Å²) in [5, 5.41) is 5.22. The number of nitrogens with zero attached hydrogens (tertiary/aromatic N) is 3. The lowest BCUT2D eigenvalue weighted by molar-refractivity contribution is 0.943. The number of hydrogen-bond donors (Lipinski definition) is 0. The third kappa shape index (κ3) is 1.12. The zero-order valence-corrected chi connectivity index (χ0v) is 7.48. The first-order valence-electron chi connectivity index (χ1n) is 3.17. The average molecular weight is 188 g/mol. The van der Waals surface area contributed by atoms with Gasteiger partial charge in [0.05, 0.1) is 17.8 Å². The third-order valence-electron chi connectivity index (χ3n) is 1.33. The molecule has 0 radical (unpaired) electrons. The Balaban J connectivity index is 2.64. The van der Waals surface area contributed by atoms with Crippen molar-refractivity contribution in [1.82, 2.24) is 14.6 Å². The van der Waals surface area contributed by atoms with Crippen LogP contribution in [-0.2, 0) is 5.88 Å². The summed E-state index contributed by atoms with van der Waals surface area (Å²) < 4.78 is 1.76. The number of rotatable bonds is 1. The van der Waals surface area contributed by atoms with Crippen LogP contribution in [0.2, 0.25) is 0 Å². The van der Waals surface area contributed by atoms with E-state index in [0.717, 1.165) is 15.7 Å². The molecule has 11 heavy (non-hydrogen) atoms. The van der Waals surface area contributed by atoms with Gasteiger partial charge in [-0.2, -0.15) is 5.10 Å². The SMILES string of the molecule is Cc1nn2cc(CCl)nc2s1. The molecule has 0 amide bonds. The lowest BCUT2D eigenvalue weighted by Gasteiger charge is -1.78. The maximum Gasteiger partial charge on any atom is 0.212 e. The van der Waals surface area contributed by atoms with E-state index in [1.165, 1.54) is 0 Å². The van der Waals surface area contributed by atoms with Crippen molar-refractivity contribution in [3.05, 3.63) is 16.9 Å². The molecule has 2 heterocycles. The molecule has 0 saturated carbocycles. The molecule has 0 aliphatic rings. The highest BCUT2D eigenvalue weighted by molar-refractivity contribution is 7.16. The molecule has 0 spiro atoms. The molecule has 3 nitrogen and oxygen atoms in total. The van der Waals surface area contributed by atoms with Crippen LogP contribution in [0.25, 0.3) is 4.96 Å². The second-order valence-corrected chi connectivity index (χ2v) is 3.64. The van der Waals surface area contributed by atoms with Gasteiger partial charge in [-0.1, -0.05) is 11.3 Å². The molecule has 0 aliphatic carbocycles. The number of aryl methyl sites for hydroxylation is 1. The van der Waals surface area contributed by atoms with Crippen LogP contribution in [-0.4, -0.2) is 14.6 Å². The molecule has 2 rings (SSSR count). The summed E-state index contributed by atoms with van der Waals surface area (Å²) in [4.78, 5) is 5.15. The van der Waals surface area contributed by atoms with Gasteiger partial charge < -0.3 is 0 Å². The molecule has 0 atom stereocenters. The quantitative estimate of drug-likeness (QED) is 0.638. The van der Waals surface area contributed by atoms with E-state index in [1.54, 1.807) is 15.9 Å². The van der Waals surface area contributed by atoms with Crippen LogP contribution < -0.4 is 0 Å². The highest BCUT2D eigenvalue weighted by Crippen LogP contribution is 2.13. The summed E-state index contributed by atoms with van der Waals surface area (Å²) in [6.45, 7) is 1.96. The van der Waals surface area contributed by atoms with E-state index in [2.05, 4.69) is 10.1 Å². The number of halogens is 1. The molecule has 0 saturated heterocycles. The Morgan fingerprint density at radius 1 is 1.73 bits per heavy atom. The summed E-state index contributed by atoms with van der Waals surface area (Å²) in [7, 11) is 0. The van der Waals surface area contributed by atoms with Crippen molar-refractivity contribution < 1.29 is 0 Å². The van der Waals surface area contributed by atoms with Gasteiger partial charge in [-0.3, -0.25) is 0 Å². The summed E-state index contributed by atoms with van der Waals surface area (Å²) in [5.74, 6) is 0.453. The Morgan fingerprint density at radius 2 is 2.55 bits per heavy atom. The minimum atomic E-state index is 0.453. The maximum absolute atomic E-state index is 5.60. The lowest BCUT2D eigenvalue weighted by Crippen LogP contribution is -1.80. The van der Waals surface area contributed by atoms with Crippen LogP contribution in [0.4, 0.5) is 0 Å². The van der Waals surface area contributed by atoms with E-state index in [0.29, 0.717) is 5.88 Å². The molecule has 0 aliphatic heterocycles. The first-order chi connectivity index (χ1) is 5.29. The van der Waals surface area contributed by atoms with Crippen LogP contribution >= 0.6 is 22.9 Å². The van der Waals surface area contributed by atoms with Crippen LogP contribution in [0, 0.1) is 6.92 Å². The third-order valence-corrected chi connectivity index (χ3v) is 2.44. The van der Waals surface area contributed by atoms with E-state index < -0.39 is 0 Å². The number of alkyl halides is 1. The predicted octanol–water partition coefficient (Wildman–Crippen LogP) is 1.84. The Kier molecular flexibility index (Phi) is 1.58. The number of fused-ring (bicyclic) bond motifs is 1. The van der Waals surface area contributed by atoms with E-state index in [9.17, 15) is 0 Å². The fourth-order valence-electron chi connectivity index (χ4n) is 0.909. The predicted molar refractivity (Wildman–Crippen MR) is 45.2 cm³/mol. The first kappa shape index (κ1) is 7.06. The number of aromatic nitrogens is 3. The summed E-state index contributed by atoms with van der Waals surface area (Å²) >= 11 is 7.17. The molecule has 2 aromatic rings. The van der Waals surface area contributed by atoms with Gasteiger partial charge in [0.25, 0.3) is 0 Å². The van der Waals surface area contributed by atoms with Gasteiger partial charge in [-0.25, -0.2) is 9.50 Å². The Bertz CT molecular complexity index is 346. The average Bonchev–Trinajstić information content (AvgIpc) is 2.43. The minimum absolute atomic E-state index is 0.453. The molecule has 0 unspecified atom stereocenters. The number of hydrogen-bond acceptors (Lipinski definition) is 3. The summed E-state index contributed by atoms with van der Waals surface area (Å²) in [5.41, 5.74) is 0.880. The lowest BCUT2D eigenvalue weighted by atomic mass is 10.6. The molecule has 0 fully saturated rings. The zero-order chi connectivity index (χ0) is 7.84. The molecular formula is C6H6ClN3S. The van der Waals surface area contributed by atoms with Crippen LogP contribution in [0.5, 0.6) is 0 Å². The highest BCUT2D eigenvalue weighted by atomic mass is 35.5. The number of imidazole rings is 1. The molecule has 0 N–H and O–H groups in total. The van der Waals surface area contributed by atoms with Gasteiger partial charge in [0.1, 0.15) is 5.01 Å². The second kappa shape index (κ2) is 2.46. The van der Waals surface area contributed by atoms with E-state index >= 15 is 0 Å². The highest BCUT2D eigenvalue weighted by Gasteiger charge is 2.03. The zero-order valence-electron chi connectivity index (χ0n) is 5.91. The molecular weight excluding hydrogens is 182 g/mol. The van der Waals surface area contributed by atoms with E-state index in [4.69, 9.17) is 11.6 Å². The van der Waals surface area contributed by atoms with Gasteiger partial charge >= 0.3 is 0 Å². The van der Waals surface area contributed by atoms with Crippen molar-refractivity contribution in [2.24, 2.45) is 0 Å². The normalized spacial score (nSPS) is 11.1. The molecule has 58 valence electrons. The van der Waals surface area contributed by atoms with Crippen molar-refractivity contribution in [2.45, 2.75) is 12.8 Å². The Labute approximate surface area is 72.6 Å². The molecule has 2 aromatic heterocycles. The van der Waals surface area contributed by atoms with Crippen molar-refractivity contribution >= 4 is 27.9 Å². The van der Waals surface area contributed by atoms with Crippen LogP contribution in [0.3, 0.4) is 0 Å². The van der Waals surface area contributed by atoms with Crippen molar-refractivity contribution in [3.8, 4) is 0 Å². The molecule has 5 heteroatoms. The van der Waals surface area contributed by atoms with Gasteiger partial charge in [-0.05, 0) is 6.92 Å².